The monoisotopic (exact) mass is 226 g/mol. The van der Waals surface area contributed by atoms with Crippen molar-refractivity contribution >= 4 is 6.08 Å². The molecule has 1 aliphatic rings. The van der Waals surface area contributed by atoms with Crippen LogP contribution in [0.25, 0.3) is 6.08 Å². The van der Waals surface area contributed by atoms with Gasteiger partial charge in [-0.05, 0) is 23.6 Å². The van der Waals surface area contributed by atoms with Crippen LogP contribution in [0.5, 0.6) is 5.75 Å². The maximum atomic E-state index is 9.78. The summed E-state index contributed by atoms with van der Waals surface area (Å²) in [5.41, 5.74) is 2.14. The predicted octanol–water partition coefficient (Wildman–Crippen LogP) is 4.17. The molecule has 0 aliphatic heterocycles. The van der Waals surface area contributed by atoms with Gasteiger partial charge in [-0.1, -0.05) is 56.4 Å². The van der Waals surface area contributed by atoms with Gasteiger partial charge in [0.2, 0.25) is 0 Å². The molecule has 1 unspecified atom stereocenters. The maximum absolute atomic E-state index is 9.78. The van der Waals surface area contributed by atoms with Crippen molar-refractivity contribution in [1.82, 2.24) is 0 Å². The number of hydrogen-bond donors (Lipinski definition) is 1. The van der Waals surface area contributed by atoms with E-state index >= 15 is 0 Å². The van der Waals surface area contributed by atoms with Crippen LogP contribution in [0.2, 0.25) is 0 Å². The molecular formula is C16H18O. The number of hydrogen-bond acceptors (Lipinski definition) is 1. The molecule has 1 N–H and O–H groups in total. The van der Waals surface area contributed by atoms with Gasteiger partial charge in [0, 0.05) is 11.5 Å². The fourth-order valence-electron chi connectivity index (χ4n) is 2.11. The largest absolute Gasteiger partial charge is 0.507 e. The standard InChI is InChI=1S/C16H18O/c1-12(2)15-9-5-3-7-13(15)11-14-8-4-6-10-16(14)17/h3-12,15,17H,1-2H3. The Balaban J connectivity index is 2.35. The Morgan fingerprint density at radius 1 is 1.18 bits per heavy atom. The van der Waals surface area contributed by atoms with E-state index < -0.39 is 0 Å². The first-order chi connectivity index (χ1) is 8.18. The van der Waals surface area contributed by atoms with Crippen LogP contribution < -0.4 is 0 Å². The van der Waals surface area contributed by atoms with E-state index in [9.17, 15) is 5.11 Å². The number of allylic oxidation sites excluding steroid dienone is 5. The molecule has 0 aromatic heterocycles. The van der Waals surface area contributed by atoms with Crippen LogP contribution in [-0.2, 0) is 0 Å². The lowest BCUT2D eigenvalue weighted by molar-refractivity contribution is 0.473. The van der Waals surface area contributed by atoms with Gasteiger partial charge in [0.1, 0.15) is 5.75 Å². The Kier molecular flexibility index (Phi) is 3.48. The molecule has 1 aromatic rings. The maximum Gasteiger partial charge on any atom is 0.122 e. The average molecular weight is 226 g/mol. The van der Waals surface area contributed by atoms with Crippen molar-refractivity contribution in [3.63, 3.8) is 0 Å². The van der Waals surface area contributed by atoms with Gasteiger partial charge in [-0.3, -0.25) is 0 Å². The molecule has 0 saturated heterocycles. The molecule has 1 heteroatoms. The minimum absolute atomic E-state index is 0.338. The Bertz CT molecular complexity index is 478. The van der Waals surface area contributed by atoms with Gasteiger partial charge in [-0.15, -0.1) is 0 Å². The van der Waals surface area contributed by atoms with Crippen molar-refractivity contribution in [1.29, 1.82) is 0 Å². The first-order valence-electron chi connectivity index (χ1n) is 6.03. The topological polar surface area (TPSA) is 20.2 Å². The third-order valence-corrected chi connectivity index (χ3v) is 3.08. The number of para-hydroxylation sites is 1. The van der Waals surface area contributed by atoms with Crippen molar-refractivity contribution in [2.45, 2.75) is 13.8 Å². The molecule has 1 aromatic carbocycles. The van der Waals surface area contributed by atoms with Crippen LogP contribution in [-0.4, -0.2) is 5.11 Å². The van der Waals surface area contributed by atoms with Gasteiger partial charge in [0.15, 0.2) is 0 Å². The van der Waals surface area contributed by atoms with Gasteiger partial charge in [-0.25, -0.2) is 0 Å². The Hall–Kier alpha value is -1.76. The highest BCUT2D eigenvalue weighted by Crippen LogP contribution is 2.29. The molecule has 1 aliphatic carbocycles. The second-order valence-corrected chi connectivity index (χ2v) is 4.72. The molecule has 0 heterocycles. The number of rotatable bonds is 2. The first-order valence-corrected chi connectivity index (χ1v) is 6.03. The smallest absolute Gasteiger partial charge is 0.122 e. The Labute approximate surface area is 103 Å². The van der Waals surface area contributed by atoms with Crippen LogP contribution >= 0.6 is 0 Å². The number of phenolic OH excluding ortho intramolecular Hbond substituents is 1. The molecule has 1 atom stereocenters. The van der Waals surface area contributed by atoms with Crippen LogP contribution in [0, 0.1) is 11.8 Å². The van der Waals surface area contributed by atoms with E-state index in [1.165, 1.54) is 5.57 Å². The Morgan fingerprint density at radius 2 is 1.94 bits per heavy atom. The first kappa shape index (κ1) is 11.7. The normalized spacial score (nSPS) is 21.4. The van der Waals surface area contributed by atoms with E-state index in [0.29, 0.717) is 17.6 Å². The molecule has 17 heavy (non-hydrogen) atoms. The van der Waals surface area contributed by atoms with Crippen molar-refractivity contribution in [3.8, 4) is 5.75 Å². The zero-order valence-electron chi connectivity index (χ0n) is 10.3. The third kappa shape index (κ3) is 2.68. The van der Waals surface area contributed by atoms with Gasteiger partial charge < -0.3 is 5.11 Å². The zero-order valence-corrected chi connectivity index (χ0v) is 10.3. The summed E-state index contributed by atoms with van der Waals surface area (Å²) in [7, 11) is 0. The van der Waals surface area contributed by atoms with Crippen LogP contribution in [0.4, 0.5) is 0 Å². The Morgan fingerprint density at radius 3 is 2.65 bits per heavy atom. The molecule has 0 fully saturated rings. The second kappa shape index (κ2) is 5.05. The summed E-state index contributed by atoms with van der Waals surface area (Å²) >= 11 is 0. The average Bonchev–Trinajstić information content (AvgIpc) is 2.32. The van der Waals surface area contributed by atoms with Gasteiger partial charge >= 0.3 is 0 Å². The highest BCUT2D eigenvalue weighted by molar-refractivity contribution is 5.63. The van der Waals surface area contributed by atoms with Crippen molar-refractivity contribution < 1.29 is 5.11 Å². The molecule has 0 spiro atoms. The molecule has 2 rings (SSSR count). The highest BCUT2D eigenvalue weighted by Gasteiger charge is 2.15. The van der Waals surface area contributed by atoms with E-state index in [2.05, 4.69) is 38.2 Å². The lowest BCUT2D eigenvalue weighted by Crippen LogP contribution is -2.09. The van der Waals surface area contributed by atoms with E-state index in [0.717, 1.165) is 5.56 Å². The molecule has 88 valence electrons. The minimum atomic E-state index is 0.338. The summed E-state index contributed by atoms with van der Waals surface area (Å²) < 4.78 is 0. The minimum Gasteiger partial charge on any atom is -0.507 e. The zero-order chi connectivity index (χ0) is 12.3. The summed E-state index contributed by atoms with van der Waals surface area (Å²) in [5.74, 6) is 1.33. The van der Waals surface area contributed by atoms with E-state index in [-0.39, 0.29) is 0 Å². The lowest BCUT2D eigenvalue weighted by Gasteiger charge is -2.21. The van der Waals surface area contributed by atoms with Gasteiger partial charge in [-0.2, -0.15) is 0 Å². The molecule has 0 radical (unpaired) electrons. The van der Waals surface area contributed by atoms with Crippen molar-refractivity contribution in [2.24, 2.45) is 11.8 Å². The van der Waals surface area contributed by atoms with Crippen LogP contribution in [0.3, 0.4) is 0 Å². The van der Waals surface area contributed by atoms with Gasteiger partial charge in [0.05, 0.1) is 0 Å². The quantitative estimate of drug-likeness (QED) is 0.802. The molecule has 0 saturated carbocycles. The van der Waals surface area contributed by atoms with Crippen LogP contribution in [0.1, 0.15) is 19.4 Å². The number of benzene rings is 1. The van der Waals surface area contributed by atoms with Crippen molar-refractivity contribution in [3.05, 3.63) is 59.7 Å². The van der Waals surface area contributed by atoms with Gasteiger partial charge in [0.25, 0.3) is 0 Å². The summed E-state index contributed by atoms with van der Waals surface area (Å²) in [6, 6.07) is 7.44. The summed E-state index contributed by atoms with van der Waals surface area (Å²) in [6.07, 6.45) is 10.5. The number of phenols is 1. The van der Waals surface area contributed by atoms with E-state index in [1.807, 2.05) is 24.3 Å². The molecule has 0 bridgehead atoms. The van der Waals surface area contributed by atoms with Crippen LogP contribution in [0.15, 0.2) is 54.1 Å². The third-order valence-electron chi connectivity index (χ3n) is 3.08. The molecular weight excluding hydrogens is 208 g/mol. The SMILES string of the molecule is CC(C)C1C=CC=CC1=Cc1ccccc1O. The molecule has 0 amide bonds. The van der Waals surface area contributed by atoms with Crippen molar-refractivity contribution in [2.75, 3.05) is 0 Å². The van der Waals surface area contributed by atoms with E-state index in [1.54, 1.807) is 6.07 Å². The number of aromatic hydroxyl groups is 1. The second-order valence-electron chi connectivity index (χ2n) is 4.72. The predicted molar refractivity (Wildman–Crippen MR) is 72.7 cm³/mol. The van der Waals surface area contributed by atoms with E-state index in [4.69, 9.17) is 0 Å². The molecule has 1 nitrogen and oxygen atoms in total. The summed E-state index contributed by atoms with van der Waals surface area (Å²) in [5, 5.41) is 9.78. The fraction of sp³-hybridized carbons (Fsp3) is 0.250. The lowest BCUT2D eigenvalue weighted by atomic mass is 9.84. The highest BCUT2D eigenvalue weighted by atomic mass is 16.3. The fourth-order valence-corrected chi connectivity index (χ4v) is 2.11. The summed E-state index contributed by atoms with van der Waals surface area (Å²) in [6.45, 7) is 4.43. The summed E-state index contributed by atoms with van der Waals surface area (Å²) in [4.78, 5) is 0.